The van der Waals surface area contributed by atoms with Crippen molar-refractivity contribution in [1.82, 2.24) is 0 Å². The van der Waals surface area contributed by atoms with Gasteiger partial charge < -0.3 is 0 Å². The van der Waals surface area contributed by atoms with E-state index in [4.69, 9.17) is 0 Å². The lowest BCUT2D eigenvalue weighted by atomic mass is 10.2. The van der Waals surface area contributed by atoms with Gasteiger partial charge in [0.15, 0.2) is 0 Å². The van der Waals surface area contributed by atoms with Gasteiger partial charge in [0.2, 0.25) is 0 Å². The molecule has 0 aliphatic carbocycles. The molecule has 0 spiro atoms. The summed E-state index contributed by atoms with van der Waals surface area (Å²) in [5.41, 5.74) is 1.31. The van der Waals surface area contributed by atoms with Crippen molar-refractivity contribution >= 4 is 28.0 Å². The number of thiophene rings is 1. The summed E-state index contributed by atoms with van der Waals surface area (Å²) < 4.78 is 0. The van der Waals surface area contributed by atoms with Crippen LogP contribution in [0.3, 0.4) is 0 Å². The monoisotopic (exact) mass is 270 g/mol. The fraction of sp³-hybridized carbons (Fsp3) is 0.125. The average Bonchev–Trinajstić information content (AvgIpc) is 2.89. The summed E-state index contributed by atoms with van der Waals surface area (Å²) in [5.74, 6) is 0. The van der Waals surface area contributed by atoms with E-state index < -0.39 is 0 Å². The lowest BCUT2D eigenvalue weighted by Crippen LogP contribution is -1.81. The van der Waals surface area contributed by atoms with Crippen LogP contribution in [0.25, 0.3) is 15.3 Å². The molecular weight excluding hydrogens is 256 g/mol. The van der Waals surface area contributed by atoms with Crippen LogP contribution in [0, 0.1) is 0 Å². The van der Waals surface area contributed by atoms with Crippen LogP contribution in [0.1, 0.15) is 18.2 Å². The highest BCUT2D eigenvalue weighted by atomic mass is 32.2. The van der Waals surface area contributed by atoms with Gasteiger partial charge in [0.25, 0.3) is 0 Å². The van der Waals surface area contributed by atoms with Crippen molar-refractivity contribution in [1.29, 1.82) is 0 Å². The highest BCUT2D eigenvalue weighted by Crippen LogP contribution is 2.41. The summed E-state index contributed by atoms with van der Waals surface area (Å²) in [4.78, 5) is 5.54. The zero-order chi connectivity index (χ0) is 12.4. The van der Waals surface area contributed by atoms with Crippen LogP contribution in [0.5, 0.6) is 0 Å². The standard InChI is InChI=1S/C16H14S2/c1-12-6-5-9-15(17-12)16-11-10-14(18-16)13-7-3-2-4-8-13/h2-4,6-11H,5H2,1H3. The highest BCUT2D eigenvalue weighted by Gasteiger charge is 2.10. The van der Waals surface area contributed by atoms with E-state index in [0.717, 1.165) is 6.42 Å². The molecule has 0 bridgehead atoms. The third-order valence-corrected chi connectivity index (χ3v) is 5.28. The minimum atomic E-state index is 1.06. The zero-order valence-corrected chi connectivity index (χ0v) is 11.9. The second-order valence-electron chi connectivity index (χ2n) is 4.25. The van der Waals surface area contributed by atoms with Crippen molar-refractivity contribution < 1.29 is 0 Å². The van der Waals surface area contributed by atoms with E-state index >= 15 is 0 Å². The van der Waals surface area contributed by atoms with Gasteiger partial charge >= 0.3 is 0 Å². The van der Waals surface area contributed by atoms with Gasteiger partial charge in [-0.15, -0.1) is 11.3 Å². The Morgan fingerprint density at radius 1 is 0.889 bits per heavy atom. The van der Waals surface area contributed by atoms with Gasteiger partial charge in [-0.3, -0.25) is 0 Å². The number of thioether (sulfide) groups is 1. The minimum Gasteiger partial charge on any atom is -0.135 e. The third kappa shape index (κ3) is 2.45. The van der Waals surface area contributed by atoms with Crippen LogP contribution in [0.15, 0.2) is 59.5 Å². The Morgan fingerprint density at radius 2 is 1.67 bits per heavy atom. The van der Waals surface area contributed by atoms with Crippen molar-refractivity contribution in [2.45, 2.75) is 13.3 Å². The first-order valence-electron chi connectivity index (χ1n) is 6.03. The Bertz CT molecular complexity index is 603. The summed E-state index contributed by atoms with van der Waals surface area (Å²) in [7, 11) is 0. The molecule has 0 N–H and O–H groups in total. The molecule has 18 heavy (non-hydrogen) atoms. The first-order valence-corrected chi connectivity index (χ1v) is 7.66. The van der Waals surface area contributed by atoms with E-state index in [1.165, 1.54) is 25.1 Å². The normalized spacial score (nSPS) is 15.2. The molecule has 0 saturated carbocycles. The molecule has 0 radical (unpaired) electrons. The molecule has 2 aromatic rings. The van der Waals surface area contributed by atoms with E-state index in [2.05, 4.69) is 61.5 Å². The van der Waals surface area contributed by atoms with Crippen molar-refractivity contribution in [2.75, 3.05) is 0 Å². The van der Waals surface area contributed by atoms with Crippen molar-refractivity contribution in [3.05, 3.63) is 64.4 Å². The smallest absolute Gasteiger partial charge is 0.0413 e. The predicted molar refractivity (Wildman–Crippen MR) is 83.7 cm³/mol. The maximum absolute atomic E-state index is 2.32. The first kappa shape index (κ1) is 11.8. The molecule has 1 aromatic carbocycles. The van der Waals surface area contributed by atoms with Gasteiger partial charge in [-0.05, 0) is 35.9 Å². The SMILES string of the molecule is CC1=CCC=C(c2ccc(-c3ccccc3)s2)S1. The summed E-state index contributed by atoms with van der Waals surface area (Å²) in [6.45, 7) is 2.18. The predicted octanol–water partition coefficient (Wildman–Crippen LogP) is 5.80. The number of allylic oxidation sites excluding steroid dienone is 3. The number of benzene rings is 1. The van der Waals surface area contributed by atoms with Crippen molar-refractivity contribution in [2.24, 2.45) is 0 Å². The summed E-state index contributed by atoms with van der Waals surface area (Å²) in [6, 6.07) is 15.1. The fourth-order valence-corrected chi connectivity index (χ4v) is 4.04. The summed E-state index contributed by atoms with van der Waals surface area (Å²) in [6.07, 6.45) is 5.66. The maximum Gasteiger partial charge on any atom is 0.0413 e. The Hall–Kier alpha value is -1.25. The first-order chi connectivity index (χ1) is 8.83. The lowest BCUT2D eigenvalue weighted by molar-refractivity contribution is 1.37. The van der Waals surface area contributed by atoms with Crippen LogP contribution < -0.4 is 0 Å². The highest BCUT2D eigenvalue weighted by molar-refractivity contribution is 8.12. The molecule has 2 heterocycles. The van der Waals surface area contributed by atoms with Gasteiger partial charge in [0, 0.05) is 14.7 Å². The van der Waals surface area contributed by atoms with Crippen LogP contribution in [0.4, 0.5) is 0 Å². The van der Waals surface area contributed by atoms with Crippen LogP contribution in [-0.4, -0.2) is 0 Å². The Labute approximate surface area is 116 Å². The van der Waals surface area contributed by atoms with Gasteiger partial charge in [0.1, 0.15) is 0 Å². The molecule has 0 amide bonds. The van der Waals surface area contributed by atoms with Gasteiger partial charge in [-0.2, -0.15) is 0 Å². The third-order valence-electron chi connectivity index (χ3n) is 2.89. The summed E-state index contributed by atoms with van der Waals surface area (Å²) in [5, 5.41) is 0. The van der Waals surface area contributed by atoms with Crippen molar-refractivity contribution in [3.8, 4) is 10.4 Å². The van der Waals surface area contributed by atoms with E-state index in [1.807, 2.05) is 23.1 Å². The fourth-order valence-electron chi connectivity index (χ4n) is 1.97. The largest absolute Gasteiger partial charge is 0.135 e. The topological polar surface area (TPSA) is 0 Å². The maximum atomic E-state index is 2.32. The molecule has 0 unspecified atom stereocenters. The van der Waals surface area contributed by atoms with Gasteiger partial charge in [0.05, 0.1) is 0 Å². The Balaban J connectivity index is 1.89. The lowest BCUT2D eigenvalue weighted by Gasteiger charge is -2.09. The molecule has 0 nitrogen and oxygen atoms in total. The van der Waals surface area contributed by atoms with Gasteiger partial charge in [-0.1, -0.05) is 54.2 Å². The molecule has 90 valence electrons. The molecule has 3 rings (SSSR count). The number of hydrogen-bond donors (Lipinski definition) is 0. The molecule has 0 saturated heterocycles. The second-order valence-corrected chi connectivity index (χ2v) is 6.62. The van der Waals surface area contributed by atoms with E-state index in [9.17, 15) is 0 Å². The van der Waals surface area contributed by atoms with Crippen LogP contribution in [-0.2, 0) is 0 Å². The minimum absolute atomic E-state index is 1.06. The average molecular weight is 270 g/mol. The van der Waals surface area contributed by atoms with Crippen LogP contribution >= 0.6 is 23.1 Å². The molecule has 1 aromatic heterocycles. The number of hydrogen-bond acceptors (Lipinski definition) is 2. The molecule has 2 heteroatoms. The van der Waals surface area contributed by atoms with Crippen molar-refractivity contribution in [3.63, 3.8) is 0 Å². The quantitative estimate of drug-likeness (QED) is 0.665. The Morgan fingerprint density at radius 3 is 2.44 bits per heavy atom. The number of rotatable bonds is 2. The van der Waals surface area contributed by atoms with E-state index in [-0.39, 0.29) is 0 Å². The molecule has 0 atom stereocenters. The van der Waals surface area contributed by atoms with Crippen LogP contribution in [0.2, 0.25) is 0 Å². The van der Waals surface area contributed by atoms with E-state index in [1.54, 1.807) is 0 Å². The Kier molecular flexibility index (Phi) is 3.39. The molecular formula is C16H14S2. The second kappa shape index (κ2) is 5.17. The van der Waals surface area contributed by atoms with E-state index in [0.29, 0.717) is 0 Å². The molecule has 1 aliphatic rings. The zero-order valence-electron chi connectivity index (χ0n) is 10.2. The van der Waals surface area contributed by atoms with Gasteiger partial charge in [-0.25, -0.2) is 0 Å². The summed E-state index contributed by atoms with van der Waals surface area (Å²) >= 11 is 3.76. The molecule has 0 fully saturated rings. The molecule has 1 aliphatic heterocycles.